The largest absolute Gasteiger partial charge is 0.378 e. The van der Waals surface area contributed by atoms with Crippen molar-refractivity contribution in [2.24, 2.45) is 0 Å². The molecular formula is C21H21N3O. The van der Waals surface area contributed by atoms with Crippen LogP contribution in [-0.2, 0) is 0 Å². The zero-order valence-corrected chi connectivity index (χ0v) is 14.4. The van der Waals surface area contributed by atoms with Crippen LogP contribution >= 0.6 is 0 Å². The minimum Gasteiger partial charge on any atom is -0.378 e. The highest BCUT2D eigenvalue weighted by Crippen LogP contribution is 2.21. The number of nitrogens with zero attached hydrogens (tertiary/aromatic N) is 1. The van der Waals surface area contributed by atoms with Gasteiger partial charge in [-0.2, -0.15) is 0 Å². The molecule has 0 saturated heterocycles. The van der Waals surface area contributed by atoms with Crippen LogP contribution in [0.3, 0.4) is 0 Å². The van der Waals surface area contributed by atoms with Crippen molar-refractivity contribution in [2.45, 2.75) is 0 Å². The predicted molar refractivity (Wildman–Crippen MR) is 105 cm³/mol. The van der Waals surface area contributed by atoms with E-state index in [1.54, 1.807) is 0 Å². The van der Waals surface area contributed by atoms with Gasteiger partial charge in [-0.25, -0.2) is 4.79 Å². The van der Waals surface area contributed by atoms with Crippen molar-refractivity contribution in [1.82, 2.24) is 0 Å². The number of hydrogen-bond acceptors (Lipinski definition) is 2. The molecule has 3 aromatic carbocycles. The highest BCUT2D eigenvalue weighted by Gasteiger charge is 2.04. The molecule has 0 spiro atoms. The third-order valence-electron chi connectivity index (χ3n) is 3.89. The van der Waals surface area contributed by atoms with Gasteiger partial charge in [0.25, 0.3) is 0 Å². The monoisotopic (exact) mass is 331 g/mol. The molecule has 0 saturated carbocycles. The average molecular weight is 331 g/mol. The summed E-state index contributed by atoms with van der Waals surface area (Å²) in [6, 6.07) is 25.4. The van der Waals surface area contributed by atoms with E-state index in [9.17, 15) is 4.79 Å². The molecule has 4 nitrogen and oxygen atoms in total. The maximum absolute atomic E-state index is 12.1. The molecule has 2 N–H and O–H groups in total. The van der Waals surface area contributed by atoms with Crippen LogP contribution in [0.4, 0.5) is 21.9 Å². The fraction of sp³-hybridized carbons (Fsp3) is 0.0952. The maximum Gasteiger partial charge on any atom is 0.323 e. The Hall–Kier alpha value is -3.27. The second kappa shape index (κ2) is 7.53. The molecule has 126 valence electrons. The van der Waals surface area contributed by atoms with Crippen LogP contribution in [0.2, 0.25) is 0 Å². The van der Waals surface area contributed by atoms with Crippen LogP contribution in [0.1, 0.15) is 0 Å². The summed E-state index contributed by atoms with van der Waals surface area (Å²) in [5.41, 5.74) is 4.86. The predicted octanol–water partition coefficient (Wildman–Crippen LogP) is 5.06. The number of hydrogen-bond donors (Lipinski definition) is 2. The lowest BCUT2D eigenvalue weighted by Gasteiger charge is -2.13. The lowest BCUT2D eigenvalue weighted by Crippen LogP contribution is -2.19. The molecule has 3 aromatic rings. The van der Waals surface area contributed by atoms with E-state index >= 15 is 0 Å². The Morgan fingerprint density at radius 1 is 0.680 bits per heavy atom. The van der Waals surface area contributed by atoms with Gasteiger partial charge in [-0.3, -0.25) is 0 Å². The highest BCUT2D eigenvalue weighted by atomic mass is 16.2. The van der Waals surface area contributed by atoms with Gasteiger partial charge < -0.3 is 15.5 Å². The fourth-order valence-electron chi connectivity index (χ4n) is 2.51. The molecule has 2 amide bonds. The van der Waals surface area contributed by atoms with Crippen LogP contribution in [0.25, 0.3) is 11.1 Å². The molecule has 0 aromatic heterocycles. The Morgan fingerprint density at radius 3 is 1.68 bits per heavy atom. The molecule has 0 aliphatic carbocycles. The molecule has 0 heterocycles. The first-order valence-electron chi connectivity index (χ1n) is 8.13. The second-order valence-corrected chi connectivity index (χ2v) is 5.96. The van der Waals surface area contributed by atoms with Crippen molar-refractivity contribution in [2.75, 3.05) is 29.6 Å². The topological polar surface area (TPSA) is 44.4 Å². The molecule has 0 fully saturated rings. The smallest absolute Gasteiger partial charge is 0.323 e. The molecule has 0 atom stereocenters. The Kier molecular flexibility index (Phi) is 5.00. The van der Waals surface area contributed by atoms with Gasteiger partial charge in [0.2, 0.25) is 0 Å². The fourth-order valence-corrected chi connectivity index (χ4v) is 2.51. The van der Waals surface area contributed by atoms with E-state index in [-0.39, 0.29) is 6.03 Å². The lowest BCUT2D eigenvalue weighted by atomic mass is 10.1. The molecule has 0 unspecified atom stereocenters. The Balaban J connectivity index is 1.61. The minimum atomic E-state index is -0.259. The second-order valence-electron chi connectivity index (χ2n) is 5.96. The average Bonchev–Trinajstić information content (AvgIpc) is 2.63. The molecule has 0 aliphatic rings. The number of anilines is 3. The van der Waals surface area contributed by atoms with Crippen LogP contribution in [0.15, 0.2) is 78.9 Å². The van der Waals surface area contributed by atoms with Gasteiger partial charge in [-0.1, -0.05) is 42.5 Å². The molecule has 0 aliphatic heterocycles. The van der Waals surface area contributed by atoms with Crippen molar-refractivity contribution in [3.8, 4) is 11.1 Å². The summed E-state index contributed by atoms with van der Waals surface area (Å²) in [5, 5.41) is 5.68. The normalized spacial score (nSPS) is 10.2. The highest BCUT2D eigenvalue weighted by molar-refractivity contribution is 5.99. The van der Waals surface area contributed by atoms with Gasteiger partial charge in [-0.15, -0.1) is 0 Å². The van der Waals surface area contributed by atoms with E-state index in [4.69, 9.17) is 0 Å². The van der Waals surface area contributed by atoms with Crippen LogP contribution < -0.4 is 15.5 Å². The third-order valence-corrected chi connectivity index (χ3v) is 3.89. The van der Waals surface area contributed by atoms with Gasteiger partial charge in [0.1, 0.15) is 0 Å². The lowest BCUT2D eigenvalue weighted by molar-refractivity contribution is 0.262. The minimum absolute atomic E-state index is 0.259. The number of nitrogens with one attached hydrogen (secondary N) is 2. The van der Waals surface area contributed by atoms with E-state index < -0.39 is 0 Å². The summed E-state index contributed by atoms with van der Waals surface area (Å²) in [6.07, 6.45) is 0. The molecule has 0 bridgehead atoms. The van der Waals surface area contributed by atoms with Crippen LogP contribution in [0, 0.1) is 0 Å². The quantitative estimate of drug-likeness (QED) is 0.701. The molecule has 3 rings (SSSR count). The van der Waals surface area contributed by atoms with E-state index in [1.807, 2.05) is 85.7 Å². The van der Waals surface area contributed by atoms with Crippen molar-refractivity contribution < 1.29 is 4.79 Å². The van der Waals surface area contributed by atoms with Gasteiger partial charge in [0.05, 0.1) is 0 Å². The number of rotatable bonds is 4. The summed E-state index contributed by atoms with van der Waals surface area (Å²) in [5.74, 6) is 0. The van der Waals surface area contributed by atoms with E-state index in [1.165, 1.54) is 0 Å². The van der Waals surface area contributed by atoms with Gasteiger partial charge >= 0.3 is 6.03 Å². The molecule has 0 radical (unpaired) electrons. The summed E-state index contributed by atoms with van der Waals surface area (Å²) < 4.78 is 0. The number of carbonyl (C=O) groups is 1. The summed E-state index contributed by atoms with van der Waals surface area (Å²) in [7, 11) is 3.96. The first-order valence-corrected chi connectivity index (χ1v) is 8.13. The number of carbonyl (C=O) groups excluding carboxylic acids is 1. The van der Waals surface area contributed by atoms with Gasteiger partial charge in [0, 0.05) is 31.2 Å². The molecular weight excluding hydrogens is 310 g/mol. The van der Waals surface area contributed by atoms with Gasteiger partial charge in [-0.05, 0) is 47.5 Å². The number of amides is 2. The van der Waals surface area contributed by atoms with E-state index in [0.29, 0.717) is 0 Å². The van der Waals surface area contributed by atoms with Crippen molar-refractivity contribution >= 4 is 23.1 Å². The van der Waals surface area contributed by atoms with E-state index in [0.717, 1.165) is 28.2 Å². The molecule has 25 heavy (non-hydrogen) atoms. The standard InChI is InChI=1S/C21H21N3O/c1-24(2)20-14-12-19(13-15-20)23-21(25)22-18-10-8-17(9-11-18)16-6-4-3-5-7-16/h3-15H,1-2H3,(H2,22,23,25). The summed E-state index contributed by atoms with van der Waals surface area (Å²) in [6.45, 7) is 0. The summed E-state index contributed by atoms with van der Waals surface area (Å²) >= 11 is 0. The van der Waals surface area contributed by atoms with Crippen LogP contribution in [-0.4, -0.2) is 20.1 Å². The van der Waals surface area contributed by atoms with E-state index in [2.05, 4.69) is 22.8 Å². The van der Waals surface area contributed by atoms with Crippen molar-refractivity contribution in [1.29, 1.82) is 0 Å². The number of urea groups is 1. The Bertz CT molecular complexity index is 825. The van der Waals surface area contributed by atoms with Crippen molar-refractivity contribution in [3.63, 3.8) is 0 Å². The maximum atomic E-state index is 12.1. The third kappa shape index (κ3) is 4.38. The first-order chi connectivity index (χ1) is 12.1. The zero-order valence-electron chi connectivity index (χ0n) is 14.4. The summed E-state index contributed by atoms with van der Waals surface area (Å²) in [4.78, 5) is 14.1. The van der Waals surface area contributed by atoms with Crippen molar-refractivity contribution in [3.05, 3.63) is 78.9 Å². The Labute approximate surface area is 148 Å². The van der Waals surface area contributed by atoms with Crippen LogP contribution in [0.5, 0.6) is 0 Å². The molecule has 4 heteroatoms. The first kappa shape index (κ1) is 16.6. The van der Waals surface area contributed by atoms with Gasteiger partial charge in [0.15, 0.2) is 0 Å². The Morgan fingerprint density at radius 2 is 1.16 bits per heavy atom. The zero-order chi connectivity index (χ0) is 17.6. The SMILES string of the molecule is CN(C)c1ccc(NC(=O)Nc2ccc(-c3ccccc3)cc2)cc1. The number of benzene rings is 3.